The zero-order valence-electron chi connectivity index (χ0n) is 18.7. The van der Waals surface area contributed by atoms with Gasteiger partial charge < -0.3 is 24.6 Å². The Kier molecular flexibility index (Phi) is 7.27. The van der Waals surface area contributed by atoms with Crippen LogP contribution in [0, 0.1) is 6.92 Å². The van der Waals surface area contributed by atoms with Gasteiger partial charge in [-0.2, -0.15) is 0 Å². The standard InChI is InChI=1S/C25H33ClN2O4/c1-20-3-2-4-22(15-20)28-11-9-24(29,10-12-28)16-27-13-14-31-18-25(30,17-27)19-32-23-7-5-21(26)6-8-23/h2-8,15,29-30H,9-14,16-19H2,1H3. The molecule has 2 aromatic rings. The van der Waals surface area contributed by atoms with E-state index in [1.54, 1.807) is 24.3 Å². The summed E-state index contributed by atoms with van der Waals surface area (Å²) >= 11 is 5.93. The van der Waals surface area contributed by atoms with E-state index in [-0.39, 0.29) is 13.2 Å². The Labute approximate surface area is 195 Å². The van der Waals surface area contributed by atoms with E-state index in [1.807, 2.05) is 0 Å². The number of anilines is 1. The summed E-state index contributed by atoms with van der Waals surface area (Å²) in [5.74, 6) is 0.653. The normalized spacial score (nSPS) is 24.2. The second-order valence-electron chi connectivity index (χ2n) is 9.28. The largest absolute Gasteiger partial charge is 0.490 e. The molecule has 2 N–H and O–H groups in total. The highest BCUT2D eigenvalue weighted by molar-refractivity contribution is 6.30. The first kappa shape index (κ1) is 23.3. The summed E-state index contributed by atoms with van der Waals surface area (Å²) in [6.45, 7) is 6.15. The van der Waals surface area contributed by atoms with Crippen molar-refractivity contribution in [3.63, 3.8) is 0 Å². The van der Waals surface area contributed by atoms with Gasteiger partial charge >= 0.3 is 0 Å². The van der Waals surface area contributed by atoms with Crippen molar-refractivity contribution in [2.24, 2.45) is 0 Å². The van der Waals surface area contributed by atoms with Crippen molar-refractivity contribution in [1.29, 1.82) is 0 Å². The van der Waals surface area contributed by atoms with Crippen molar-refractivity contribution in [1.82, 2.24) is 4.90 Å². The van der Waals surface area contributed by atoms with E-state index < -0.39 is 11.2 Å². The van der Waals surface area contributed by atoms with Gasteiger partial charge in [0, 0.05) is 43.4 Å². The van der Waals surface area contributed by atoms with Crippen molar-refractivity contribution in [3.05, 3.63) is 59.1 Å². The molecule has 0 saturated carbocycles. The summed E-state index contributed by atoms with van der Waals surface area (Å²) in [4.78, 5) is 4.45. The Morgan fingerprint density at radius 2 is 1.78 bits per heavy atom. The lowest BCUT2D eigenvalue weighted by molar-refractivity contribution is -0.0742. The molecule has 0 bridgehead atoms. The third-order valence-corrected chi connectivity index (χ3v) is 6.59. The first-order valence-corrected chi connectivity index (χ1v) is 11.7. The van der Waals surface area contributed by atoms with Crippen molar-refractivity contribution in [2.75, 3.05) is 57.4 Å². The van der Waals surface area contributed by atoms with E-state index in [1.165, 1.54) is 11.3 Å². The molecule has 2 fully saturated rings. The molecule has 0 radical (unpaired) electrons. The number of halogens is 1. The highest BCUT2D eigenvalue weighted by Gasteiger charge is 2.39. The van der Waals surface area contributed by atoms with E-state index in [2.05, 4.69) is 41.0 Å². The van der Waals surface area contributed by atoms with Gasteiger partial charge in [0.05, 0.1) is 18.8 Å². The SMILES string of the molecule is Cc1cccc(N2CCC(O)(CN3CCOCC(O)(COc4ccc(Cl)cc4)C3)CC2)c1. The monoisotopic (exact) mass is 460 g/mol. The van der Waals surface area contributed by atoms with Crippen molar-refractivity contribution in [2.45, 2.75) is 31.0 Å². The van der Waals surface area contributed by atoms with Gasteiger partial charge in [-0.15, -0.1) is 0 Å². The fraction of sp³-hybridized carbons (Fsp3) is 0.520. The Morgan fingerprint density at radius 3 is 2.50 bits per heavy atom. The summed E-state index contributed by atoms with van der Waals surface area (Å²) in [5.41, 5.74) is 0.536. The number of hydrogen-bond donors (Lipinski definition) is 2. The first-order valence-electron chi connectivity index (χ1n) is 11.3. The van der Waals surface area contributed by atoms with E-state index >= 15 is 0 Å². The van der Waals surface area contributed by atoms with Gasteiger partial charge in [-0.3, -0.25) is 4.90 Å². The maximum absolute atomic E-state index is 11.3. The van der Waals surface area contributed by atoms with Crippen LogP contribution in [-0.4, -0.2) is 78.9 Å². The predicted octanol–water partition coefficient (Wildman–Crippen LogP) is 3.12. The number of nitrogens with zero attached hydrogens (tertiary/aromatic N) is 2. The average Bonchev–Trinajstić information content (AvgIpc) is 2.95. The van der Waals surface area contributed by atoms with Crippen LogP contribution in [0.2, 0.25) is 5.02 Å². The molecule has 0 aliphatic carbocycles. The third-order valence-electron chi connectivity index (χ3n) is 6.34. The van der Waals surface area contributed by atoms with Crippen LogP contribution in [0.15, 0.2) is 48.5 Å². The molecule has 2 aliphatic heterocycles. The Hall–Kier alpha value is -1.83. The Bertz CT molecular complexity index is 886. The smallest absolute Gasteiger partial charge is 0.134 e. The lowest BCUT2D eigenvalue weighted by Crippen LogP contribution is -2.55. The van der Waals surface area contributed by atoms with E-state index in [9.17, 15) is 10.2 Å². The van der Waals surface area contributed by atoms with Gasteiger partial charge in [0.2, 0.25) is 0 Å². The van der Waals surface area contributed by atoms with Crippen LogP contribution in [0.25, 0.3) is 0 Å². The molecule has 0 amide bonds. The summed E-state index contributed by atoms with van der Waals surface area (Å²) in [5, 5.41) is 23.1. The van der Waals surface area contributed by atoms with Gasteiger partial charge in [0.1, 0.15) is 18.0 Å². The minimum absolute atomic E-state index is 0.116. The molecular formula is C25H33ClN2O4. The fourth-order valence-electron chi connectivity index (χ4n) is 4.55. The van der Waals surface area contributed by atoms with Crippen LogP contribution in [-0.2, 0) is 4.74 Å². The Morgan fingerprint density at radius 1 is 1.03 bits per heavy atom. The third kappa shape index (κ3) is 6.15. The van der Waals surface area contributed by atoms with Crippen LogP contribution in [0.5, 0.6) is 5.75 Å². The molecule has 2 saturated heterocycles. The van der Waals surface area contributed by atoms with Crippen molar-refractivity contribution >= 4 is 17.3 Å². The van der Waals surface area contributed by atoms with Crippen molar-refractivity contribution < 1.29 is 19.7 Å². The van der Waals surface area contributed by atoms with E-state index in [0.717, 1.165) is 13.1 Å². The van der Waals surface area contributed by atoms with Gasteiger partial charge in [0.15, 0.2) is 0 Å². The number of aliphatic hydroxyl groups is 2. The summed E-state index contributed by atoms with van der Waals surface area (Å²) in [6.07, 6.45) is 1.38. The molecule has 174 valence electrons. The van der Waals surface area contributed by atoms with Crippen molar-refractivity contribution in [3.8, 4) is 5.75 Å². The molecule has 0 spiro atoms. The number of rotatable bonds is 6. The van der Waals surface area contributed by atoms with Gasteiger partial charge in [-0.05, 0) is 61.7 Å². The van der Waals surface area contributed by atoms with Gasteiger partial charge in [0.25, 0.3) is 0 Å². The number of β-amino-alcohol motifs (C(OH)–C–C–N with tert-alkyl or cyclic N) is 2. The lowest BCUT2D eigenvalue weighted by Gasteiger charge is -2.42. The highest BCUT2D eigenvalue weighted by Crippen LogP contribution is 2.29. The molecule has 6 nitrogen and oxygen atoms in total. The molecule has 4 rings (SSSR count). The van der Waals surface area contributed by atoms with Crippen LogP contribution in [0.4, 0.5) is 5.69 Å². The molecule has 0 aromatic heterocycles. The quantitative estimate of drug-likeness (QED) is 0.690. The molecule has 2 aromatic carbocycles. The number of ether oxygens (including phenoxy) is 2. The second kappa shape index (κ2) is 9.98. The summed E-state index contributed by atoms with van der Waals surface area (Å²) in [7, 11) is 0. The Balaban J connectivity index is 1.33. The first-order chi connectivity index (χ1) is 15.3. The summed E-state index contributed by atoms with van der Waals surface area (Å²) in [6, 6.07) is 15.6. The molecule has 7 heteroatoms. The zero-order valence-corrected chi connectivity index (χ0v) is 19.4. The van der Waals surface area contributed by atoms with Gasteiger partial charge in [-0.1, -0.05) is 23.7 Å². The molecule has 32 heavy (non-hydrogen) atoms. The molecule has 1 unspecified atom stereocenters. The molecule has 2 heterocycles. The van der Waals surface area contributed by atoms with Crippen LogP contribution >= 0.6 is 11.6 Å². The molecule has 2 aliphatic rings. The fourth-order valence-corrected chi connectivity index (χ4v) is 4.67. The van der Waals surface area contributed by atoms with Crippen LogP contribution in [0.3, 0.4) is 0 Å². The molecule has 1 atom stereocenters. The van der Waals surface area contributed by atoms with E-state index in [0.29, 0.717) is 49.9 Å². The maximum Gasteiger partial charge on any atom is 0.134 e. The average molecular weight is 461 g/mol. The van der Waals surface area contributed by atoms with Crippen LogP contribution in [0.1, 0.15) is 18.4 Å². The predicted molar refractivity (Wildman–Crippen MR) is 127 cm³/mol. The number of hydrogen-bond acceptors (Lipinski definition) is 6. The van der Waals surface area contributed by atoms with Gasteiger partial charge in [-0.25, -0.2) is 0 Å². The number of aryl methyl sites for hydroxylation is 1. The topological polar surface area (TPSA) is 65.4 Å². The minimum atomic E-state index is -1.14. The lowest BCUT2D eigenvalue weighted by atomic mass is 9.90. The van der Waals surface area contributed by atoms with Crippen LogP contribution < -0.4 is 9.64 Å². The number of piperidine rings is 1. The summed E-state index contributed by atoms with van der Waals surface area (Å²) < 4.78 is 11.5. The number of benzene rings is 2. The minimum Gasteiger partial charge on any atom is -0.490 e. The maximum atomic E-state index is 11.3. The van der Waals surface area contributed by atoms with E-state index in [4.69, 9.17) is 21.1 Å². The zero-order chi connectivity index (χ0) is 22.6. The second-order valence-corrected chi connectivity index (χ2v) is 9.72. The molecular weight excluding hydrogens is 428 g/mol. The highest BCUT2D eigenvalue weighted by atomic mass is 35.5.